The molecule has 0 spiro atoms. The lowest BCUT2D eigenvalue weighted by atomic mass is 9.84. The van der Waals surface area contributed by atoms with Crippen LogP contribution in [-0.4, -0.2) is 19.7 Å². The highest BCUT2D eigenvalue weighted by atomic mass is 15.2. The van der Waals surface area contributed by atoms with E-state index >= 15 is 0 Å². The van der Waals surface area contributed by atoms with Crippen LogP contribution in [0.3, 0.4) is 0 Å². The van der Waals surface area contributed by atoms with E-state index in [2.05, 4.69) is 23.9 Å². The van der Waals surface area contributed by atoms with Gasteiger partial charge in [-0.2, -0.15) is 5.10 Å². The number of nitrogens with zero attached hydrogens (tertiary/aromatic N) is 3. The van der Waals surface area contributed by atoms with Crippen LogP contribution < -0.4 is 0 Å². The maximum Gasteiger partial charge on any atom is 0.141 e. The zero-order chi connectivity index (χ0) is 12.0. The third kappa shape index (κ3) is 1.77. The topological polar surface area (TPSA) is 46.5 Å². The number of nitrogens with one attached hydrogen (secondary N) is 1. The van der Waals surface area contributed by atoms with Crippen molar-refractivity contribution in [2.75, 3.05) is 0 Å². The number of aromatic nitrogens is 4. The molecule has 0 fully saturated rings. The molecule has 2 heterocycles. The molecule has 2 aromatic rings. The minimum Gasteiger partial charge on any atom is -0.342 e. The molecule has 1 aliphatic rings. The van der Waals surface area contributed by atoms with Gasteiger partial charge in [-0.05, 0) is 18.8 Å². The molecule has 0 amide bonds. The number of aryl methyl sites for hydroxylation is 1. The molecule has 0 aromatic carbocycles. The summed E-state index contributed by atoms with van der Waals surface area (Å²) < 4.78 is 1.81. The molecule has 17 heavy (non-hydrogen) atoms. The lowest BCUT2D eigenvalue weighted by molar-refractivity contribution is 0.440. The van der Waals surface area contributed by atoms with Crippen LogP contribution in [0, 0.1) is 5.92 Å². The van der Waals surface area contributed by atoms with E-state index < -0.39 is 0 Å². The van der Waals surface area contributed by atoms with Crippen molar-refractivity contribution in [2.45, 2.75) is 32.6 Å². The number of fused-ring (bicyclic) bond motifs is 1. The van der Waals surface area contributed by atoms with Crippen molar-refractivity contribution in [3.63, 3.8) is 0 Å². The average molecular weight is 230 g/mol. The smallest absolute Gasteiger partial charge is 0.141 e. The van der Waals surface area contributed by atoms with Gasteiger partial charge in [0.2, 0.25) is 0 Å². The van der Waals surface area contributed by atoms with E-state index in [1.807, 2.05) is 24.1 Å². The number of hydrogen-bond acceptors (Lipinski definition) is 2. The van der Waals surface area contributed by atoms with Gasteiger partial charge in [0.25, 0.3) is 0 Å². The Morgan fingerprint density at radius 1 is 1.41 bits per heavy atom. The SMILES string of the molecule is CC1Cc2[nH]c(-c3cnn(C)c3)nc2C(C)C1. The van der Waals surface area contributed by atoms with Crippen LogP contribution in [0.15, 0.2) is 12.4 Å². The van der Waals surface area contributed by atoms with Crippen molar-refractivity contribution in [1.29, 1.82) is 0 Å². The first-order chi connectivity index (χ1) is 8.13. The summed E-state index contributed by atoms with van der Waals surface area (Å²) in [5.74, 6) is 2.28. The van der Waals surface area contributed by atoms with Gasteiger partial charge >= 0.3 is 0 Å². The van der Waals surface area contributed by atoms with Gasteiger partial charge in [0.1, 0.15) is 5.82 Å². The zero-order valence-electron chi connectivity index (χ0n) is 10.6. The van der Waals surface area contributed by atoms with Crippen LogP contribution in [0.5, 0.6) is 0 Å². The third-order valence-corrected chi connectivity index (χ3v) is 3.56. The molecule has 0 saturated heterocycles. The molecule has 4 nitrogen and oxygen atoms in total. The monoisotopic (exact) mass is 230 g/mol. The molecule has 2 unspecified atom stereocenters. The first-order valence-electron chi connectivity index (χ1n) is 6.21. The van der Waals surface area contributed by atoms with E-state index in [1.165, 1.54) is 17.8 Å². The molecule has 4 heteroatoms. The number of rotatable bonds is 1. The molecular formula is C13H18N4. The Bertz CT molecular complexity index is 537. The number of H-pyrrole nitrogens is 1. The van der Waals surface area contributed by atoms with Crippen LogP contribution in [0.1, 0.15) is 37.6 Å². The van der Waals surface area contributed by atoms with E-state index in [0.717, 1.165) is 23.7 Å². The van der Waals surface area contributed by atoms with Crippen molar-refractivity contribution < 1.29 is 0 Å². The lowest BCUT2D eigenvalue weighted by Gasteiger charge is -2.22. The Balaban J connectivity index is 2.02. The van der Waals surface area contributed by atoms with Crippen molar-refractivity contribution in [2.24, 2.45) is 13.0 Å². The van der Waals surface area contributed by atoms with Gasteiger partial charge in [0, 0.05) is 24.9 Å². The Kier molecular flexibility index (Phi) is 2.31. The van der Waals surface area contributed by atoms with Gasteiger partial charge in [0.05, 0.1) is 17.5 Å². The summed E-state index contributed by atoms with van der Waals surface area (Å²) in [5, 5.41) is 4.19. The molecule has 0 saturated carbocycles. The predicted molar refractivity (Wildman–Crippen MR) is 66.7 cm³/mol. The Labute approximate surface area is 101 Å². The molecule has 1 N–H and O–H groups in total. The molecule has 3 rings (SSSR count). The van der Waals surface area contributed by atoms with E-state index in [1.54, 1.807) is 0 Å². The van der Waals surface area contributed by atoms with E-state index in [9.17, 15) is 0 Å². The quantitative estimate of drug-likeness (QED) is 0.818. The third-order valence-electron chi connectivity index (χ3n) is 3.56. The van der Waals surface area contributed by atoms with Gasteiger partial charge < -0.3 is 4.98 Å². The normalized spacial score (nSPS) is 23.7. The number of hydrogen-bond donors (Lipinski definition) is 1. The largest absolute Gasteiger partial charge is 0.342 e. The summed E-state index contributed by atoms with van der Waals surface area (Å²) in [6.45, 7) is 4.58. The van der Waals surface area contributed by atoms with Gasteiger partial charge in [-0.1, -0.05) is 13.8 Å². The lowest BCUT2D eigenvalue weighted by Crippen LogP contribution is -2.14. The summed E-state index contributed by atoms with van der Waals surface area (Å²) in [6.07, 6.45) is 6.22. The summed E-state index contributed by atoms with van der Waals surface area (Å²) in [4.78, 5) is 8.20. The highest BCUT2D eigenvalue weighted by Crippen LogP contribution is 2.34. The molecule has 2 aromatic heterocycles. The summed E-state index contributed by atoms with van der Waals surface area (Å²) in [6, 6.07) is 0. The van der Waals surface area contributed by atoms with E-state index in [0.29, 0.717) is 5.92 Å². The Morgan fingerprint density at radius 2 is 2.24 bits per heavy atom. The van der Waals surface area contributed by atoms with Crippen LogP contribution in [0.2, 0.25) is 0 Å². The van der Waals surface area contributed by atoms with Crippen molar-refractivity contribution in [3.05, 3.63) is 23.8 Å². The summed E-state index contributed by atoms with van der Waals surface area (Å²) >= 11 is 0. The fraction of sp³-hybridized carbons (Fsp3) is 0.538. The predicted octanol–water partition coefficient (Wildman–Crippen LogP) is 2.50. The number of aromatic amines is 1. The van der Waals surface area contributed by atoms with E-state index in [-0.39, 0.29) is 0 Å². The van der Waals surface area contributed by atoms with Gasteiger partial charge in [-0.15, -0.1) is 0 Å². The van der Waals surface area contributed by atoms with Gasteiger partial charge in [-0.25, -0.2) is 4.98 Å². The molecule has 2 atom stereocenters. The zero-order valence-corrected chi connectivity index (χ0v) is 10.6. The van der Waals surface area contributed by atoms with Crippen LogP contribution in [0.25, 0.3) is 11.4 Å². The van der Waals surface area contributed by atoms with Crippen LogP contribution in [-0.2, 0) is 13.5 Å². The summed E-state index contributed by atoms with van der Waals surface area (Å²) in [7, 11) is 1.93. The minimum atomic E-state index is 0.565. The van der Waals surface area contributed by atoms with Gasteiger partial charge in [0.15, 0.2) is 0 Å². The van der Waals surface area contributed by atoms with Crippen molar-refractivity contribution in [3.8, 4) is 11.4 Å². The highest BCUT2D eigenvalue weighted by molar-refractivity contribution is 5.54. The molecule has 0 radical (unpaired) electrons. The first-order valence-corrected chi connectivity index (χ1v) is 6.21. The Hall–Kier alpha value is -1.58. The number of imidazole rings is 1. The maximum atomic E-state index is 4.74. The molecule has 1 aliphatic carbocycles. The fourth-order valence-electron chi connectivity index (χ4n) is 2.81. The Morgan fingerprint density at radius 3 is 2.94 bits per heavy atom. The molecule has 0 aliphatic heterocycles. The second kappa shape index (κ2) is 3.72. The second-order valence-electron chi connectivity index (χ2n) is 5.30. The molecule has 90 valence electrons. The minimum absolute atomic E-state index is 0.565. The van der Waals surface area contributed by atoms with Crippen LogP contribution >= 0.6 is 0 Å². The van der Waals surface area contributed by atoms with E-state index in [4.69, 9.17) is 4.98 Å². The van der Waals surface area contributed by atoms with Gasteiger partial charge in [-0.3, -0.25) is 4.68 Å². The standard InChI is InChI=1S/C13H18N4/c1-8-4-9(2)12-11(5-8)15-13(16-12)10-6-14-17(3)7-10/h6-9H,4-5H2,1-3H3,(H,15,16). The fourth-order valence-corrected chi connectivity index (χ4v) is 2.81. The second-order valence-corrected chi connectivity index (χ2v) is 5.30. The summed E-state index contributed by atoms with van der Waals surface area (Å²) in [5.41, 5.74) is 3.64. The average Bonchev–Trinajstić information content (AvgIpc) is 2.83. The highest BCUT2D eigenvalue weighted by Gasteiger charge is 2.25. The van der Waals surface area contributed by atoms with Crippen LogP contribution in [0.4, 0.5) is 0 Å². The molecule has 0 bridgehead atoms. The van der Waals surface area contributed by atoms with Crippen molar-refractivity contribution in [1.82, 2.24) is 19.7 Å². The maximum absolute atomic E-state index is 4.74. The molecular weight excluding hydrogens is 212 g/mol. The first kappa shape index (κ1) is 10.6. The van der Waals surface area contributed by atoms with Crippen molar-refractivity contribution >= 4 is 0 Å².